The standard InChI is InChI=1S/C16H16N2S/c17-13(11-14-4-3-9-19-14)10-12-7-8-18-16-6-2-1-5-15(12)16/h1-9,13H,10-11,17H2. The van der Waals surface area contributed by atoms with Gasteiger partial charge < -0.3 is 5.73 Å². The van der Waals surface area contributed by atoms with Crippen molar-refractivity contribution >= 4 is 22.2 Å². The zero-order valence-electron chi connectivity index (χ0n) is 10.6. The zero-order valence-corrected chi connectivity index (χ0v) is 11.4. The van der Waals surface area contributed by atoms with E-state index in [9.17, 15) is 0 Å². The Balaban J connectivity index is 1.81. The molecule has 0 saturated carbocycles. The number of fused-ring (bicyclic) bond motifs is 1. The van der Waals surface area contributed by atoms with Crippen LogP contribution >= 0.6 is 11.3 Å². The molecule has 0 fully saturated rings. The zero-order chi connectivity index (χ0) is 13.1. The molecule has 3 heteroatoms. The van der Waals surface area contributed by atoms with Crippen LogP contribution in [0.15, 0.2) is 54.0 Å². The van der Waals surface area contributed by atoms with E-state index in [-0.39, 0.29) is 6.04 Å². The topological polar surface area (TPSA) is 38.9 Å². The van der Waals surface area contributed by atoms with Crippen LogP contribution in [-0.2, 0) is 12.8 Å². The lowest BCUT2D eigenvalue weighted by Gasteiger charge is -2.12. The van der Waals surface area contributed by atoms with Crippen molar-refractivity contribution in [1.82, 2.24) is 4.98 Å². The van der Waals surface area contributed by atoms with Crippen LogP contribution in [0.4, 0.5) is 0 Å². The van der Waals surface area contributed by atoms with E-state index in [1.807, 2.05) is 18.3 Å². The van der Waals surface area contributed by atoms with Gasteiger partial charge in [-0.15, -0.1) is 11.3 Å². The summed E-state index contributed by atoms with van der Waals surface area (Å²) in [6.45, 7) is 0. The molecule has 0 amide bonds. The van der Waals surface area contributed by atoms with E-state index in [2.05, 4.69) is 40.7 Å². The van der Waals surface area contributed by atoms with Gasteiger partial charge in [0.1, 0.15) is 0 Å². The number of rotatable bonds is 4. The van der Waals surface area contributed by atoms with E-state index in [1.54, 1.807) is 11.3 Å². The van der Waals surface area contributed by atoms with E-state index in [1.165, 1.54) is 15.8 Å². The summed E-state index contributed by atoms with van der Waals surface area (Å²) in [7, 11) is 0. The van der Waals surface area contributed by atoms with Crippen molar-refractivity contribution in [2.45, 2.75) is 18.9 Å². The summed E-state index contributed by atoms with van der Waals surface area (Å²) in [6.07, 6.45) is 3.70. The maximum absolute atomic E-state index is 6.27. The minimum absolute atomic E-state index is 0.157. The van der Waals surface area contributed by atoms with Gasteiger partial charge in [-0.05, 0) is 42.0 Å². The molecular formula is C16H16N2S. The SMILES string of the molecule is NC(Cc1cccs1)Cc1ccnc2ccccc12. The first-order chi connectivity index (χ1) is 9.33. The Labute approximate surface area is 116 Å². The second-order valence-corrected chi connectivity index (χ2v) is 5.77. The van der Waals surface area contributed by atoms with Gasteiger partial charge in [0.05, 0.1) is 5.52 Å². The Bertz CT molecular complexity index is 656. The van der Waals surface area contributed by atoms with E-state index in [0.717, 1.165) is 18.4 Å². The number of benzene rings is 1. The molecule has 2 aromatic heterocycles. The number of hydrogen-bond acceptors (Lipinski definition) is 3. The third-order valence-corrected chi connectivity index (χ3v) is 4.16. The predicted octanol–water partition coefficient (Wildman–Crippen LogP) is 3.41. The van der Waals surface area contributed by atoms with Crippen molar-refractivity contribution < 1.29 is 0 Å². The van der Waals surface area contributed by atoms with Gasteiger partial charge in [0.25, 0.3) is 0 Å². The van der Waals surface area contributed by atoms with Crippen LogP contribution in [0.3, 0.4) is 0 Å². The van der Waals surface area contributed by atoms with E-state index in [0.29, 0.717) is 0 Å². The van der Waals surface area contributed by atoms with E-state index >= 15 is 0 Å². The highest BCUT2D eigenvalue weighted by Crippen LogP contribution is 2.19. The average molecular weight is 268 g/mol. The second kappa shape index (κ2) is 5.51. The van der Waals surface area contributed by atoms with Crippen molar-refractivity contribution in [3.8, 4) is 0 Å². The number of aromatic nitrogens is 1. The van der Waals surface area contributed by atoms with Gasteiger partial charge in [-0.25, -0.2) is 0 Å². The van der Waals surface area contributed by atoms with Crippen molar-refractivity contribution in [3.63, 3.8) is 0 Å². The molecule has 0 aliphatic rings. The van der Waals surface area contributed by atoms with Crippen LogP contribution in [0, 0.1) is 0 Å². The number of nitrogens with two attached hydrogens (primary N) is 1. The molecule has 1 unspecified atom stereocenters. The Morgan fingerprint density at radius 2 is 1.95 bits per heavy atom. The first-order valence-electron chi connectivity index (χ1n) is 6.43. The molecule has 1 atom stereocenters. The summed E-state index contributed by atoms with van der Waals surface area (Å²) in [6, 6.07) is 14.7. The van der Waals surface area contributed by atoms with Crippen LogP contribution in [0.1, 0.15) is 10.4 Å². The maximum atomic E-state index is 6.27. The largest absolute Gasteiger partial charge is 0.327 e. The molecule has 3 aromatic rings. The molecule has 1 aromatic carbocycles. The lowest BCUT2D eigenvalue weighted by atomic mass is 10.00. The van der Waals surface area contributed by atoms with E-state index in [4.69, 9.17) is 5.73 Å². The number of hydrogen-bond donors (Lipinski definition) is 1. The number of pyridine rings is 1. The first kappa shape index (κ1) is 12.3. The second-order valence-electron chi connectivity index (χ2n) is 4.73. The number of nitrogens with zero attached hydrogens (tertiary/aromatic N) is 1. The Kier molecular flexibility index (Phi) is 3.58. The lowest BCUT2D eigenvalue weighted by molar-refractivity contribution is 0.673. The Morgan fingerprint density at radius 3 is 2.79 bits per heavy atom. The van der Waals surface area contributed by atoms with Crippen LogP contribution in [0.5, 0.6) is 0 Å². The molecular weight excluding hydrogens is 252 g/mol. The van der Waals surface area contributed by atoms with Gasteiger partial charge in [0, 0.05) is 22.5 Å². The summed E-state index contributed by atoms with van der Waals surface area (Å²) < 4.78 is 0. The van der Waals surface area contributed by atoms with Crippen LogP contribution < -0.4 is 5.73 Å². The molecule has 96 valence electrons. The summed E-state index contributed by atoms with van der Waals surface area (Å²) >= 11 is 1.77. The average Bonchev–Trinajstić information content (AvgIpc) is 2.92. The van der Waals surface area contributed by atoms with Gasteiger partial charge in [0.15, 0.2) is 0 Å². The Morgan fingerprint density at radius 1 is 1.05 bits per heavy atom. The molecule has 2 N–H and O–H groups in total. The third-order valence-electron chi connectivity index (χ3n) is 3.26. The molecule has 2 nitrogen and oxygen atoms in total. The molecule has 0 bridgehead atoms. The third kappa shape index (κ3) is 2.83. The minimum atomic E-state index is 0.157. The summed E-state index contributed by atoms with van der Waals surface area (Å²) in [5.41, 5.74) is 8.61. The quantitative estimate of drug-likeness (QED) is 0.787. The van der Waals surface area contributed by atoms with Crippen molar-refractivity contribution in [2.75, 3.05) is 0 Å². The molecule has 0 radical (unpaired) electrons. The minimum Gasteiger partial charge on any atom is -0.327 e. The van der Waals surface area contributed by atoms with E-state index < -0.39 is 0 Å². The van der Waals surface area contributed by atoms with Crippen LogP contribution in [-0.4, -0.2) is 11.0 Å². The molecule has 19 heavy (non-hydrogen) atoms. The maximum Gasteiger partial charge on any atom is 0.0704 e. The summed E-state index contributed by atoms with van der Waals surface area (Å²) in [5, 5.41) is 3.32. The van der Waals surface area contributed by atoms with Crippen molar-refractivity contribution in [1.29, 1.82) is 0 Å². The number of thiophene rings is 1. The molecule has 0 spiro atoms. The predicted molar refractivity (Wildman–Crippen MR) is 81.4 cm³/mol. The monoisotopic (exact) mass is 268 g/mol. The molecule has 3 rings (SSSR count). The highest BCUT2D eigenvalue weighted by Gasteiger charge is 2.09. The van der Waals surface area contributed by atoms with Crippen molar-refractivity contribution in [2.24, 2.45) is 5.73 Å². The fourth-order valence-corrected chi connectivity index (χ4v) is 3.17. The van der Waals surface area contributed by atoms with Gasteiger partial charge in [-0.3, -0.25) is 4.98 Å². The van der Waals surface area contributed by atoms with Gasteiger partial charge in [-0.1, -0.05) is 24.3 Å². The van der Waals surface area contributed by atoms with Gasteiger partial charge in [0.2, 0.25) is 0 Å². The molecule has 0 aliphatic heterocycles. The molecule has 0 aliphatic carbocycles. The van der Waals surface area contributed by atoms with Gasteiger partial charge >= 0.3 is 0 Å². The fraction of sp³-hybridized carbons (Fsp3) is 0.188. The highest BCUT2D eigenvalue weighted by molar-refractivity contribution is 7.09. The normalized spacial score (nSPS) is 12.7. The number of para-hydroxylation sites is 1. The molecule has 0 saturated heterocycles. The molecule has 2 heterocycles. The lowest BCUT2D eigenvalue weighted by Crippen LogP contribution is -2.25. The fourth-order valence-electron chi connectivity index (χ4n) is 2.37. The highest BCUT2D eigenvalue weighted by atomic mass is 32.1. The summed E-state index contributed by atoms with van der Waals surface area (Å²) in [5.74, 6) is 0. The van der Waals surface area contributed by atoms with Gasteiger partial charge in [-0.2, -0.15) is 0 Å². The van der Waals surface area contributed by atoms with Crippen molar-refractivity contribution in [3.05, 3.63) is 64.5 Å². The smallest absolute Gasteiger partial charge is 0.0704 e. The van der Waals surface area contributed by atoms with Crippen LogP contribution in [0.25, 0.3) is 10.9 Å². The van der Waals surface area contributed by atoms with Crippen LogP contribution in [0.2, 0.25) is 0 Å². The Hall–Kier alpha value is -1.71. The first-order valence-corrected chi connectivity index (χ1v) is 7.31. The summed E-state index contributed by atoms with van der Waals surface area (Å²) in [4.78, 5) is 5.74.